The van der Waals surface area contributed by atoms with E-state index in [1.807, 2.05) is 0 Å². The maximum absolute atomic E-state index is 12.8. The monoisotopic (exact) mass is 349 g/mol. The smallest absolute Gasteiger partial charge is 0.406 e. The molecule has 3 rings (SSSR count). The molecule has 7 heteroatoms. The summed E-state index contributed by atoms with van der Waals surface area (Å²) in [6, 6.07) is 12.0. The van der Waals surface area contributed by atoms with Crippen LogP contribution in [0.3, 0.4) is 0 Å². The van der Waals surface area contributed by atoms with Gasteiger partial charge in [-0.05, 0) is 30.3 Å². The number of para-hydroxylation sites is 1. The standard InChI is InChI=1S/C18H14F3NO3/c1-2-10-17(24)14-11-13(25-18(19,20)21)8-9-15(14)22(16(17)23)12-6-4-3-5-7-12/h2-9,11,24H,1,10H2/t17-/m1/s1. The van der Waals surface area contributed by atoms with Gasteiger partial charge < -0.3 is 9.84 Å². The van der Waals surface area contributed by atoms with Crippen LogP contribution in [-0.2, 0) is 10.4 Å². The quantitative estimate of drug-likeness (QED) is 0.848. The molecule has 0 aromatic heterocycles. The Morgan fingerprint density at radius 3 is 2.48 bits per heavy atom. The number of carbonyl (C=O) groups excluding carboxylic acids is 1. The van der Waals surface area contributed by atoms with Crippen LogP contribution in [0.5, 0.6) is 5.75 Å². The van der Waals surface area contributed by atoms with E-state index < -0.39 is 23.6 Å². The van der Waals surface area contributed by atoms with Crippen LogP contribution in [0.4, 0.5) is 24.5 Å². The predicted octanol–water partition coefficient (Wildman–Crippen LogP) is 4.03. The summed E-state index contributed by atoms with van der Waals surface area (Å²) >= 11 is 0. The molecule has 0 saturated heterocycles. The highest BCUT2D eigenvalue weighted by Crippen LogP contribution is 2.47. The van der Waals surface area contributed by atoms with Gasteiger partial charge in [0.2, 0.25) is 0 Å². The normalized spacial score (nSPS) is 19.7. The highest BCUT2D eigenvalue weighted by Gasteiger charge is 2.50. The molecule has 2 aromatic carbocycles. The van der Waals surface area contributed by atoms with Crippen molar-refractivity contribution in [3.8, 4) is 5.75 Å². The van der Waals surface area contributed by atoms with Crippen molar-refractivity contribution in [2.75, 3.05) is 4.90 Å². The van der Waals surface area contributed by atoms with Crippen LogP contribution in [0.25, 0.3) is 0 Å². The summed E-state index contributed by atoms with van der Waals surface area (Å²) in [6.07, 6.45) is -3.67. The number of benzene rings is 2. The number of amides is 1. The van der Waals surface area contributed by atoms with E-state index in [1.165, 1.54) is 17.0 Å². The Kier molecular flexibility index (Phi) is 4.04. The summed E-state index contributed by atoms with van der Waals surface area (Å²) in [7, 11) is 0. The third-order valence-electron chi connectivity index (χ3n) is 3.90. The zero-order valence-corrected chi connectivity index (χ0v) is 13.0. The van der Waals surface area contributed by atoms with E-state index in [9.17, 15) is 23.1 Å². The Balaban J connectivity index is 2.14. The molecule has 0 saturated carbocycles. The molecular formula is C18H14F3NO3. The largest absolute Gasteiger partial charge is 0.573 e. The van der Waals surface area contributed by atoms with E-state index in [0.29, 0.717) is 11.4 Å². The fourth-order valence-electron chi connectivity index (χ4n) is 2.89. The van der Waals surface area contributed by atoms with Crippen molar-refractivity contribution in [1.29, 1.82) is 0 Å². The van der Waals surface area contributed by atoms with Gasteiger partial charge in [0.25, 0.3) is 5.91 Å². The highest BCUT2D eigenvalue weighted by atomic mass is 19.4. The number of hydrogen-bond acceptors (Lipinski definition) is 3. The topological polar surface area (TPSA) is 49.8 Å². The van der Waals surface area contributed by atoms with Gasteiger partial charge >= 0.3 is 6.36 Å². The zero-order chi connectivity index (χ0) is 18.2. The molecular weight excluding hydrogens is 335 g/mol. The van der Waals surface area contributed by atoms with Gasteiger partial charge in [-0.3, -0.25) is 9.69 Å². The third-order valence-corrected chi connectivity index (χ3v) is 3.90. The average Bonchev–Trinajstić information content (AvgIpc) is 2.76. The van der Waals surface area contributed by atoms with Gasteiger partial charge in [-0.25, -0.2) is 0 Å². The van der Waals surface area contributed by atoms with Crippen molar-refractivity contribution in [3.63, 3.8) is 0 Å². The molecule has 0 radical (unpaired) electrons. The van der Waals surface area contributed by atoms with E-state index in [0.717, 1.165) is 12.1 Å². The van der Waals surface area contributed by atoms with Crippen LogP contribution >= 0.6 is 0 Å². The molecule has 1 atom stereocenters. The highest BCUT2D eigenvalue weighted by molar-refractivity contribution is 6.12. The number of hydrogen-bond donors (Lipinski definition) is 1. The SMILES string of the molecule is C=CC[C@]1(O)C(=O)N(c2ccccc2)c2ccc(OC(F)(F)F)cc21. The number of nitrogens with zero attached hydrogens (tertiary/aromatic N) is 1. The van der Waals surface area contributed by atoms with E-state index in [2.05, 4.69) is 11.3 Å². The van der Waals surface area contributed by atoms with Crippen molar-refractivity contribution < 1.29 is 27.8 Å². The number of alkyl halides is 3. The van der Waals surface area contributed by atoms with E-state index >= 15 is 0 Å². The third kappa shape index (κ3) is 2.98. The van der Waals surface area contributed by atoms with E-state index in [4.69, 9.17) is 0 Å². The molecule has 1 aliphatic heterocycles. The molecule has 1 N–H and O–H groups in total. The molecule has 0 spiro atoms. The lowest BCUT2D eigenvalue weighted by Crippen LogP contribution is -2.37. The Bertz CT molecular complexity index is 820. The van der Waals surface area contributed by atoms with E-state index in [1.54, 1.807) is 30.3 Å². The first-order chi connectivity index (χ1) is 11.8. The van der Waals surface area contributed by atoms with Crippen LogP contribution in [-0.4, -0.2) is 17.4 Å². The predicted molar refractivity (Wildman–Crippen MR) is 85.4 cm³/mol. The van der Waals surface area contributed by atoms with Gasteiger partial charge in [0, 0.05) is 17.7 Å². The molecule has 0 bridgehead atoms. The lowest BCUT2D eigenvalue weighted by Gasteiger charge is -2.22. The van der Waals surface area contributed by atoms with Gasteiger partial charge in [0.15, 0.2) is 5.60 Å². The minimum absolute atomic E-state index is 0.0444. The fraction of sp³-hybridized carbons (Fsp3) is 0.167. The molecule has 130 valence electrons. The first kappa shape index (κ1) is 17.0. The maximum atomic E-state index is 12.8. The fourth-order valence-corrected chi connectivity index (χ4v) is 2.89. The molecule has 4 nitrogen and oxygen atoms in total. The number of aliphatic hydroxyl groups is 1. The van der Waals surface area contributed by atoms with E-state index in [-0.39, 0.29) is 12.0 Å². The second kappa shape index (κ2) is 5.93. The van der Waals surface area contributed by atoms with Crippen molar-refractivity contribution >= 4 is 17.3 Å². The lowest BCUT2D eigenvalue weighted by molar-refractivity contribution is -0.274. The summed E-state index contributed by atoms with van der Waals surface area (Å²) in [5, 5.41) is 10.9. The van der Waals surface area contributed by atoms with Crippen LogP contribution in [0.1, 0.15) is 12.0 Å². The van der Waals surface area contributed by atoms with Gasteiger partial charge in [-0.2, -0.15) is 0 Å². The number of rotatable bonds is 4. The number of halogens is 3. The molecule has 0 unspecified atom stereocenters. The Labute approximate surface area is 141 Å². The average molecular weight is 349 g/mol. The van der Waals surface area contributed by atoms with Gasteiger partial charge in [-0.15, -0.1) is 19.8 Å². The molecule has 2 aromatic rings. The molecule has 25 heavy (non-hydrogen) atoms. The molecule has 0 fully saturated rings. The molecule has 1 amide bonds. The number of anilines is 2. The van der Waals surface area contributed by atoms with Crippen LogP contribution in [0.2, 0.25) is 0 Å². The van der Waals surface area contributed by atoms with Crippen molar-refractivity contribution in [2.45, 2.75) is 18.4 Å². The second-order valence-electron chi connectivity index (χ2n) is 5.56. The zero-order valence-electron chi connectivity index (χ0n) is 13.0. The summed E-state index contributed by atoms with van der Waals surface area (Å²) in [4.78, 5) is 14.1. The summed E-state index contributed by atoms with van der Waals surface area (Å²) in [5.41, 5.74) is -1.16. The Morgan fingerprint density at radius 2 is 1.88 bits per heavy atom. The maximum Gasteiger partial charge on any atom is 0.573 e. The first-order valence-electron chi connectivity index (χ1n) is 7.39. The van der Waals surface area contributed by atoms with Gasteiger partial charge in [0.05, 0.1) is 5.69 Å². The molecule has 1 aliphatic rings. The summed E-state index contributed by atoms with van der Waals surface area (Å²) in [6.45, 7) is 3.51. The van der Waals surface area contributed by atoms with Gasteiger partial charge in [-0.1, -0.05) is 24.3 Å². The van der Waals surface area contributed by atoms with Crippen molar-refractivity contribution in [2.24, 2.45) is 0 Å². The molecule has 0 aliphatic carbocycles. The Hall–Kier alpha value is -2.80. The second-order valence-corrected chi connectivity index (χ2v) is 5.56. The lowest BCUT2D eigenvalue weighted by atomic mass is 9.92. The van der Waals surface area contributed by atoms with Crippen LogP contribution in [0, 0.1) is 0 Å². The summed E-state index contributed by atoms with van der Waals surface area (Å²) in [5.74, 6) is -1.16. The minimum atomic E-state index is -4.87. The number of carbonyl (C=O) groups is 1. The van der Waals surface area contributed by atoms with Crippen LogP contribution in [0.15, 0.2) is 61.2 Å². The molecule has 1 heterocycles. The number of fused-ring (bicyclic) bond motifs is 1. The minimum Gasteiger partial charge on any atom is -0.406 e. The first-order valence-corrected chi connectivity index (χ1v) is 7.39. The Morgan fingerprint density at radius 1 is 1.20 bits per heavy atom. The van der Waals surface area contributed by atoms with Crippen molar-refractivity contribution in [1.82, 2.24) is 0 Å². The summed E-state index contributed by atoms with van der Waals surface area (Å²) < 4.78 is 41.3. The van der Waals surface area contributed by atoms with Gasteiger partial charge in [0.1, 0.15) is 5.75 Å². The van der Waals surface area contributed by atoms with Crippen LogP contribution < -0.4 is 9.64 Å². The number of ether oxygens (including phenoxy) is 1. The van der Waals surface area contributed by atoms with Crippen molar-refractivity contribution in [3.05, 3.63) is 66.7 Å².